The summed E-state index contributed by atoms with van der Waals surface area (Å²) in [6.45, 7) is 4.92. The van der Waals surface area contributed by atoms with Crippen LogP contribution in [-0.2, 0) is 6.54 Å². The maximum Gasteiger partial charge on any atom is 0.335 e. The van der Waals surface area contributed by atoms with E-state index in [1.807, 2.05) is 11.8 Å². The fraction of sp³-hybridized carbons (Fsp3) is 0.467. The number of likely N-dealkylation sites (N-methyl/N-ethyl adjacent to an activating group) is 1. The van der Waals surface area contributed by atoms with Gasteiger partial charge in [0.05, 0.1) is 5.56 Å². The molecule has 0 aliphatic carbocycles. The van der Waals surface area contributed by atoms with Crippen molar-refractivity contribution in [1.82, 2.24) is 15.1 Å². The normalized spacial score (nSPS) is 19.3. The topological polar surface area (TPSA) is 72.9 Å². The first-order valence-electron chi connectivity index (χ1n) is 7.02. The van der Waals surface area contributed by atoms with Crippen LogP contribution >= 0.6 is 0 Å². The highest BCUT2D eigenvalue weighted by atomic mass is 16.4. The lowest BCUT2D eigenvalue weighted by Crippen LogP contribution is -2.55. The fourth-order valence-corrected chi connectivity index (χ4v) is 2.49. The first-order valence-corrected chi connectivity index (χ1v) is 7.02. The Hall–Kier alpha value is -2.08. The fourth-order valence-electron chi connectivity index (χ4n) is 2.49. The monoisotopic (exact) mass is 291 g/mol. The highest BCUT2D eigenvalue weighted by molar-refractivity contribution is 5.87. The number of piperazine rings is 1. The molecule has 1 fully saturated rings. The summed E-state index contributed by atoms with van der Waals surface area (Å²) in [6.07, 6.45) is 0. The summed E-state index contributed by atoms with van der Waals surface area (Å²) in [6, 6.07) is 6.65. The molecule has 2 N–H and O–H groups in total. The summed E-state index contributed by atoms with van der Waals surface area (Å²) >= 11 is 0. The Labute approximate surface area is 124 Å². The van der Waals surface area contributed by atoms with Gasteiger partial charge in [-0.15, -0.1) is 0 Å². The van der Waals surface area contributed by atoms with Gasteiger partial charge >= 0.3 is 12.0 Å². The standard InChI is InChI=1S/C15H21N3O3/c1-11-10-17(2)7-8-18(11)15(21)16-9-12-3-5-13(6-4-12)14(19)20/h3-6,11H,7-10H2,1-2H3,(H,16,21)(H,19,20). The van der Waals surface area contributed by atoms with E-state index in [2.05, 4.69) is 17.3 Å². The lowest BCUT2D eigenvalue weighted by atomic mass is 10.1. The average Bonchev–Trinajstić information content (AvgIpc) is 2.45. The lowest BCUT2D eigenvalue weighted by Gasteiger charge is -2.38. The molecule has 0 saturated carbocycles. The van der Waals surface area contributed by atoms with Crippen LogP contribution in [0.15, 0.2) is 24.3 Å². The van der Waals surface area contributed by atoms with Crippen molar-refractivity contribution in [2.24, 2.45) is 0 Å². The van der Waals surface area contributed by atoms with Gasteiger partial charge in [-0.05, 0) is 31.7 Å². The van der Waals surface area contributed by atoms with E-state index in [0.29, 0.717) is 6.54 Å². The molecule has 114 valence electrons. The summed E-state index contributed by atoms with van der Waals surface area (Å²) in [5.41, 5.74) is 1.13. The molecule has 6 nitrogen and oxygen atoms in total. The molecule has 0 bridgehead atoms. The first-order chi connectivity index (χ1) is 9.97. The van der Waals surface area contributed by atoms with Crippen LogP contribution in [0.3, 0.4) is 0 Å². The Bertz CT molecular complexity index is 515. The summed E-state index contributed by atoms with van der Waals surface area (Å²) in [5, 5.41) is 11.7. The van der Waals surface area contributed by atoms with Gasteiger partial charge < -0.3 is 20.2 Å². The molecule has 1 aliphatic heterocycles. The van der Waals surface area contributed by atoms with Crippen molar-refractivity contribution in [1.29, 1.82) is 0 Å². The molecule has 0 aromatic heterocycles. The van der Waals surface area contributed by atoms with E-state index >= 15 is 0 Å². The van der Waals surface area contributed by atoms with Crippen LogP contribution in [0.5, 0.6) is 0 Å². The van der Waals surface area contributed by atoms with E-state index in [0.717, 1.165) is 25.2 Å². The van der Waals surface area contributed by atoms with Gasteiger partial charge in [0.25, 0.3) is 0 Å². The summed E-state index contributed by atoms with van der Waals surface area (Å²) in [5.74, 6) is -0.947. The molecule has 0 radical (unpaired) electrons. The molecule has 2 rings (SSSR count). The number of carbonyl (C=O) groups is 2. The van der Waals surface area contributed by atoms with Crippen molar-refractivity contribution in [2.75, 3.05) is 26.7 Å². The number of carbonyl (C=O) groups excluding carboxylic acids is 1. The van der Waals surface area contributed by atoms with Gasteiger partial charge in [-0.25, -0.2) is 9.59 Å². The Kier molecular flexibility index (Phi) is 4.80. The molecule has 1 unspecified atom stereocenters. The number of nitrogens with one attached hydrogen (secondary N) is 1. The minimum Gasteiger partial charge on any atom is -0.478 e. The Morgan fingerprint density at radius 3 is 2.52 bits per heavy atom. The molecular formula is C15H21N3O3. The van der Waals surface area contributed by atoms with Gasteiger partial charge in [-0.2, -0.15) is 0 Å². The van der Waals surface area contributed by atoms with E-state index in [9.17, 15) is 9.59 Å². The molecule has 2 amide bonds. The number of rotatable bonds is 3. The van der Waals surface area contributed by atoms with Crippen LogP contribution in [0.4, 0.5) is 4.79 Å². The third kappa shape index (κ3) is 3.95. The molecule has 1 saturated heterocycles. The van der Waals surface area contributed by atoms with E-state index in [1.54, 1.807) is 24.3 Å². The maximum absolute atomic E-state index is 12.2. The zero-order valence-electron chi connectivity index (χ0n) is 12.4. The molecule has 21 heavy (non-hydrogen) atoms. The molecule has 1 aromatic carbocycles. The van der Waals surface area contributed by atoms with Gasteiger partial charge in [-0.3, -0.25) is 0 Å². The highest BCUT2D eigenvalue weighted by Crippen LogP contribution is 2.09. The molecule has 6 heteroatoms. The van der Waals surface area contributed by atoms with Gasteiger partial charge in [0.1, 0.15) is 0 Å². The van der Waals surface area contributed by atoms with Crippen LogP contribution in [0.2, 0.25) is 0 Å². The molecule has 1 aromatic rings. The van der Waals surface area contributed by atoms with Crippen LogP contribution in [0.1, 0.15) is 22.8 Å². The molecular weight excluding hydrogens is 270 g/mol. The third-order valence-corrected chi connectivity index (χ3v) is 3.74. The van der Waals surface area contributed by atoms with Crippen LogP contribution in [0, 0.1) is 0 Å². The molecule has 1 heterocycles. The zero-order valence-corrected chi connectivity index (χ0v) is 12.4. The number of carboxylic acids is 1. The number of hydrogen-bond donors (Lipinski definition) is 2. The summed E-state index contributed by atoms with van der Waals surface area (Å²) < 4.78 is 0. The van der Waals surface area contributed by atoms with Crippen molar-refractivity contribution >= 4 is 12.0 Å². The van der Waals surface area contributed by atoms with Crippen LogP contribution in [0.25, 0.3) is 0 Å². The zero-order chi connectivity index (χ0) is 15.4. The number of aromatic carboxylic acids is 1. The first kappa shape index (κ1) is 15.3. The van der Waals surface area contributed by atoms with Crippen molar-refractivity contribution in [3.63, 3.8) is 0 Å². The van der Waals surface area contributed by atoms with Crippen molar-refractivity contribution in [2.45, 2.75) is 19.5 Å². The molecule has 0 spiro atoms. The second-order valence-electron chi connectivity index (χ2n) is 5.47. The van der Waals surface area contributed by atoms with Gasteiger partial charge in [-0.1, -0.05) is 12.1 Å². The van der Waals surface area contributed by atoms with E-state index in [-0.39, 0.29) is 17.6 Å². The predicted molar refractivity (Wildman–Crippen MR) is 79.3 cm³/mol. The van der Waals surface area contributed by atoms with E-state index < -0.39 is 5.97 Å². The average molecular weight is 291 g/mol. The minimum atomic E-state index is -0.947. The van der Waals surface area contributed by atoms with Gasteiger partial charge in [0.15, 0.2) is 0 Å². The van der Waals surface area contributed by atoms with Gasteiger partial charge in [0, 0.05) is 32.2 Å². The van der Waals surface area contributed by atoms with Crippen molar-refractivity contribution in [3.05, 3.63) is 35.4 Å². The predicted octanol–water partition coefficient (Wildman–Crippen LogP) is 1.23. The lowest BCUT2D eigenvalue weighted by molar-refractivity contribution is 0.0696. The maximum atomic E-state index is 12.2. The Morgan fingerprint density at radius 1 is 1.29 bits per heavy atom. The molecule has 1 aliphatic rings. The number of nitrogens with zero attached hydrogens (tertiary/aromatic N) is 2. The van der Waals surface area contributed by atoms with Crippen molar-refractivity contribution in [3.8, 4) is 0 Å². The smallest absolute Gasteiger partial charge is 0.335 e. The number of urea groups is 1. The molecule has 1 atom stereocenters. The number of amides is 2. The second kappa shape index (κ2) is 6.58. The van der Waals surface area contributed by atoms with Crippen molar-refractivity contribution < 1.29 is 14.7 Å². The summed E-state index contributed by atoms with van der Waals surface area (Å²) in [4.78, 5) is 27.0. The summed E-state index contributed by atoms with van der Waals surface area (Å²) in [7, 11) is 2.05. The van der Waals surface area contributed by atoms with Gasteiger partial charge in [0.2, 0.25) is 0 Å². The third-order valence-electron chi connectivity index (χ3n) is 3.74. The SMILES string of the molecule is CC1CN(C)CCN1C(=O)NCc1ccc(C(=O)O)cc1. The number of hydrogen-bond acceptors (Lipinski definition) is 3. The van der Waals surface area contributed by atoms with Crippen LogP contribution in [-0.4, -0.2) is 59.6 Å². The minimum absolute atomic E-state index is 0.0714. The highest BCUT2D eigenvalue weighted by Gasteiger charge is 2.25. The second-order valence-corrected chi connectivity index (χ2v) is 5.47. The number of benzene rings is 1. The van der Waals surface area contributed by atoms with E-state index in [4.69, 9.17) is 5.11 Å². The Balaban J connectivity index is 1.87. The quantitative estimate of drug-likeness (QED) is 0.878. The number of carboxylic acid groups (broad SMARTS) is 1. The Morgan fingerprint density at radius 2 is 1.95 bits per heavy atom. The largest absolute Gasteiger partial charge is 0.478 e. The van der Waals surface area contributed by atoms with E-state index in [1.165, 1.54) is 0 Å². The van der Waals surface area contributed by atoms with Crippen LogP contribution < -0.4 is 5.32 Å².